The number of esters is 1. The molecule has 0 saturated heterocycles. The molecule has 0 aliphatic carbocycles. The van der Waals surface area contributed by atoms with Crippen LogP contribution in [0, 0.1) is 0 Å². The first-order valence-corrected chi connectivity index (χ1v) is 5.62. The Hall–Kier alpha value is -0.680. The van der Waals surface area contributed by atoms with E-state index in [4.69, 9.17) is 4.74 Å². The number of rotatable bonds is 4. The summed E-state index contributed by atoms with van der Waals surface area (Å²) in [6.07, 6.45) is 2.14. The van der Waals surface area contributed by atoms with E-state index in [1.807, 2.05) is 6.92 Å². The van der Waals surface area contributed by atoms with Crippen molar-refractivity contribution in [3.8, 4) is 10.8 Å². The number of carbonyl (C=O) groups excluding carboxylic acids is 1. The van der Waals surface area contributed by atoms with Crippen LogP contribution in [0.25, 0.3) is 0 Å². The third kappa shape index (κ3) is 3.23. The minimum absolute atomic E-state index is 0.0233. The first-order chi connectivity index (χ1) is 6.63. The number of thiophene rings is 1. The highest BCUT2D eigenvalue weighted by Gasteiger charge is 2.11. The van der Waals surface area contributed by atoms with E-state index in [0.717, 1.165) is 24.2 Å². The van der Waals surface area contributed by atoms with Gasteiger partial charge in [0.2, 0.25) is 5.06 Å². The van der Waals surface area contributed by atoms with Crippen LogP contribution in [0.2, 0.25) is 0 Å². The monoisotopic (exact) mass is 232 g/mol. The summed E-state index contributed by atoms with van der Waals surface area (Å²) in [5.74, 6) is -0.331. The molecule has 0 amide bonds. The number of carbonyl (C=O) groups is 1. The molecule has 0 bridgehead atoms. The quantitative estimate of drug-likeness (QED) is 0.620. The molecule has 14 heavy (non-hydrogen) atoms. The molecule has 0 aliphatic heterocycles. The van der Waals surface area contributed by atoms with Gasteiger partial charge in [-0.25, -0.2) is 0 Å². The molecule has 0 fully saturated rings. The van der Waals surface area contributed by atoms with Gasteiger partial charge in [-0.2, -0.15) is 0 Å². The minimum atomic E-state index is -0.308. The SMILES string of the molecule is CCCCC(=O)Oc1sc(S)cc1O. The van der Waals surface area contributed by atoms with Crippen LogP contribution in [-0.2, 0) is 4.79 Å². The van der Waals surface area contributed by atoms with Gasteiger partial charge in [0, 0.05) is 12.5 Å². The predicted molar refractivity (Wildman–Crippen MR) is 58.4 cm³/mol. The maximum Gasteiger partial charge on any atom is 0.312 e. The van der Waals surface area contributed by atoms with E-state index in [2.05, 4.69) is 12.6 Å². The fourth-order valence-corrected chi connectivity index (χ4v) is 1.93. The van der Waals surface area contributed by atoms with E-state index in [1.165, 1.54) is 6.07 Å². The fourth-order valence-electron chi connectivity index (χ4n) is 0.901. The summed E-state index contributed by atoms with van der Waals surface area (Å²) in [5, 5.41) is 9.52. The molecule has 0 saturated carbocycles. The molecule has 1 rings (SSSR count). The molecule has 5 heteroatoms. The average molecular weight is 232 g/mol. The van der Waals surface area contributed by atoms with Crippen LogP contribution in [0.4, 0.5) is 0 Å². The van der Waals surface area contributed by atoms with Gasteiger partial charge in [0.05, 0.1) is 4.21 Å². The van der Waals surface area contributed by atoms with E-state index in [9.17, 15) is 9.90 Å². The Bertz CT molecular complexity index is 320. The molecule has 78 valence electrons. The van der Waals surface area contributed by atoms with Gasteiger partial charge in [0.1, 0.15) is 0 Å². The second-order valence-electron chi connectivity index (χ2n) is 2.83. The third-order valence-corrected chi connectivity index (χ3v) is 2.82. The molecule has 0 atom stereocenters. The molecule has 1 heterocycles. The van der Waals surface area contributed by atoms with E-state index in [-0.39, 0.29) is 16.8 Å². The largest absolute Gasteiger partial charge is 0.504 e. The lowest BCUT2D eigenvalue weighted by Crippen LogP contribution is -2.06. The number of hydrogen-bond donors (Lipinski definition) is 2. The normalized spacial score (nSPS) is 10.1. The molecule has 0 radical (unpaired) electrons. The maximum atomic E-state index is 11.2. The highest BCUT2D eigenvalue weighted by atomic mass is 32.2. The van der Waals surface area contributed by atoms with Gasteiger partial charge >= 0.3 is 5.97 Å². The van der Waals surface area contributed by atoms with Gasteiger partial charge < -0.3 is 9.84 Å². The van der Waals surface area contributed by atoms with Crippen molar-refractivity contribution in [1.82, 2.24) is 0 Å². The third-order valence-electron chi connectivity index (χ3n) is 1.61. The van der Waals surface area contributed by atoms with Crippen molar-refractivity contribution in [3.05, 3.63) is 6.07 Å². The van der Waals surface area contributed by atoms with Crippen molar-refractivity contribution in [1.29, 1.82) is 0 Å². The topological polar surface area (TPSA) is 46.5 Å². The van der Waals surface area contributed by atoms with Gasteiger partial charge in [0.15, 0.2) is 5.75 Å². The minimum Gasteiger partial charge on any atom is -0.504 e. The maximum absolute atomic E-state index is 11.2. The van der Waals surface area contributed by atoms with Crippen molar-refractivity contribution < 1.29 is 14.6 Å². The molecule has 0 aromatic carbocycles. The molecule has 0 unspecified atom stereocenters. The summed E-state index contributed by atoms with van der Waals surface area (Å²) in [5.41, 5.74) is 0. The smallest absolute Gasteiger partial charge is 0.312 e. The Morgan fingerprint density at radius 3 is 2.93 bits per heavy atom. The van der Waals surface area contributed by atoms with Gasteiger partial charge in [-0.05, 0) is 6.42 Å². The first-order valence-electron chi connectivity index (χ1n) is 4.36. The van der Waals surface area contributed by atoms with Crippen molar-refractivity contribution >= 4 is 29.9 Å². The van der Waals surface area contributed by atoms with E-state index >= 15 is 0 Å². The van der Waals surface area contributed by atoms with Crippen LogP contribution >= 0.6 is 24.0 Å². The van der Waals surface area contributed by atoms with Crippen molar-refractivity contribution in [2.24, 2.45) is 0 Å². The molecule has 0 aliphatic rings. The summed E-state index contributed by atoms with van der Waals surface area (Å²) in [4.78, 5) is 11.2. The Morgan fingerprint density at radius 2 is 2.43 bits per heavy atom. The lowest BCUT2D eigenvalue weighted by molar-refractivity contribution is -0.134. The fraction of sp³-hybridized carbons (Fsp3) is 0.444. The zero-order valence-electron chi connectivity index (χ0n) is 7.82. The number of thiol groups is 1. The highest BCUT2D eigenvalue weighted by molar-refractivity contribution is 7.83. The standard InChI is InChI=1S/C9H12O3S2/c1-2-3-4-7(11)12-9-6(10)5-8(13)14-9/h5,10,13H,2-4H2,1H3. The molecule has 1 N–H and O–H groups in total. The number of aromatic hydroxyl groups is 1. The van der Waals surface area contributed by atoms with Gasteiger partial charge in [0.25, 0.3) is 0 Å². The predicted octanol–water partition coefficient (Wildman–Crippen LogP) is 2.84. The average Bonchev–Trinajstić information content (AvgIpc) is 2.42. The molecular weight excluding hydrogens is 220 g/mol. The van der Waals surface area contributed by atoms with Crippen LogP contribution in [0.5, 0.6) is 10.8 Å². The second-order valence-corrected chi connectivity index (χ2v) is 4.63. The lowest BCUT2D eigenvalue weighted by atomic mass is 10.2. The van der Waals surface area contributed by atoms with E-state index < -0.39 is 0 Å². The molecular formula is C9H12O3S2. The van der Waals surface area contributed by atoms with Crippen LogP contribution in [0.3, 0.4) is 0 Å². The van der Waals surface area contributed by atoms with Gasteiger partial charge in [-0.15, -0.1) is 12.6 Å². The number of unbranched alkanes of at least 4 members (excludes halogenated alkanes) is 1. The Morgan fingerprint density at radius 1 is 1.71 bits per heavy atom. The Kier molecular flexibility index (Phi) is 4.28. The van der Waals surface area contributed by atoms with Gasteiger partial charge in [-0.3, -0.25) is 4.79 Å². The van der Waals surface area contributed by atoms with Crippen LogP contribution in [0.1, 0.15) is 26.2 Å². The summed E-state index contributed by atoms with van der Waals surface area (Å²) in [7, 11) is 0. The van der Waals surface area contributed by atoms with E-state index in [1.54, 1.807) is 0 Å². The number of ether oxygens (including phenoxy) is 1. The zero-order valence-corrected chi connectivity index (χ0v) is 9.53. The molecule has 1 aromatic rings. The van der Waals surface area contributed by atoms with Crippen LogP contribution in [-0.4, -0.2) is 11.1 Å². The van der Waals surface area contributed by atoms with Crippen molar-refractivity contribution in [2.45, 2.75) is 30.4 Å². The molecule has 0 spiro atoms. The summed E-state index contributed by atoms with van der Waals surface area (Å²) in [6, 6.07) is 1.45. The Labute approximate surface area is 92.1 Å². The summed E-state index contributed by atoms with van der Waals surface area (Å²) in [6.45, 7) is 2.00. The molecule has 3 nitrogen and oxygen atoms in total. The second kappa shape index (κ2) is 5.26. The Balaban J connectivity index is 2.51. The lowest BCUT2D eigenvalue weighted by Gasteiger charge is -2.00. The van der Waals surface area contributed by atoms with Gasteiger partial charge in [-0.1, -0.05) is 24.7 Å². The highest BCUT2D eigenvalue weighted by Crippen LogP contribution is 2.38. The molecule has 1 aromatic heterocycles. The van der Waals surface area contributed by atoms with Crippen molar-refractivity contribution in [2.75, 3.05) is 0 Å². The van der Waals surface area contributed by atoms with E-state index in [0.29, 0.717) is 10.6 Å². The first kappa shape index (κ1) is 11.4. The number of hydrogen-bond acceptors (Lipinski definition) is 5. The summed E-state index contributed by atoms with van der Waals surface area (Å²) < 4.78 is 5.57. The van der Waals surface area contributed by atoms with Crippen LogP contribution < -0.4 is 4.74 Å². The summed E-state index contributed by atoms with van der Waals surface area (Å²) >= 11 is 5.18. The van der Waals surface area contributed by atoms with Crippen LogP contribution in [0.15, 0.2) is 10.3 Å². The van der Waals surface area contributed by atoms with Crippen molar-refractivity contribution in [3.63, 3.8) is 0 Å². The zero-order chi connectivity index (χ0) is 10.6.